The van der Waals surface area contributed by atoms with E-state index in [0.29, 0.717) is 5.56 Å². The molecule has 0 unspecified atom stereocenters. The summed E-state index contributed by atoms with van der Waals surface area (Å²) in [5.41, 5.74) is 0.0576. The van der Waals surface area contributed by atoms with Gasteiger partial charge < -0.3 is 4.74 Å². The summed E-state index contributed by atoms with van der Waals surface area (Å²) in [4.78, 5) is 17.8. The Morgan fingerprint density at radius 3 is 2.65 bits per heavy atom. The summed E-state index contributed by atoms with van der Waals surface area (Å²) in [5, 5.41) is 10.8. The first-order chi connectivity index (χ1) is 9.38. The monoisotopic (exact) mass is 297 g/mol. The van der Waals surface area contributed by atoms with Crippen molar-refractivity contribution in [1.82, 2.24) is 9.97 Å². The first kappa shape index (κ1) is 14.1. The Morgan fingerprint density at radius 2 is 2.05 bits per heavy atom. The minimum Gasteiger partial charge on any atom is -0.434 e. The maximum Gasteiger partial charge on any atom is 0.352 e. The molecule has 104 valence electrons. The molecule has 1 heterocycles. The highest BCUT2D eigenvalue weighted by Gasteiger charge is 2.24. The normalized spacial score (nSPS) is 10.4. The van der Waals surface area contributed by atoms with Gasteiger partial charge in [-0.25, -0.2) is 9.37 Å². The second kappa shape index (κ2) is 5.38. The molecule has 0 saturated heterocycles. The van der Waals surface area contributed by atoms with Gasteiger partial charge in [-0.1, -0.05) is 0 Å². The number of hydrogen-bond acceptors (Lipinski definition) is 5. The van der Waals surface area contributed by atoms with Gasteiger partial charge in [0.1, 0.15) is 17.3 Å². The van der Waals surface area contributed by atoms with Gasteiger partial charge in [-0.05, 0) is 49.2 Å². The highest BCUT2D eigenvalue weighted by molar-refractivity contribution is 6.28. The molecule has 0 N–H and O–H groups in total. The van der Waals surface area contributed by atoms with Crippen LogP contribution in [0, 0.1) is 29.8 Å². The standard InChI is InChI=1S/C12H9ClFN3O3/c1-6-5-8(3-4-9(6)14)20-11-10(17(18)19)7(2)15-12(13)16-11/h3-5H,1-2H3. The molecule has 0 atom stereocenters. The molecule has 0 amide bonds. The average molecular weight is 298 g/mol. The van der Waals surface area contributed by atoms with Crippen molar-refractivity contribution in [2.75, 3.05) is 0 Å². The fourth-order valence-corrected chi connectivity index (χ4v) is 1.79. The van der Waals surface area contributed by atoms with Crippen molar-refractivity contribution < 1.29 is 14.1 Å². The molecule has 6 nitrogen and oxygen atoms in total. The SMILES string of the molecule is Cc1cc(Oc2nc(Cl)nc(C)c2[N+](=O)[O-])ccc1F. The van der Waals surface area contributed by atoms with Gasteiger partial charge in [0.25, 0.3) is 0 Å². The second-order valence-electron chi connectivity index (χ2n) is 4.00. The van der Waals surface area contributed by atoms with Crippen LogP contribution in [0.5, 0.6) is 11.6 Å². The molecule has 0 spiro atoms. The van der Waals surface area contributed by atoms with Gasteiger partial charge in [0.15, 0.2) is 0 Å². The van der Waals surface area contributed by atoms with E-state index in [1.807, 2.05) is 0 Å². The number of hydrogen-bond donors (Lipinski definition) is 0. The largest absolute Gasteiger partial charge is 0.434 e. The van der Waals surface area contributed by atoms with Gasteiger partial charge in [0, 0.05) is 0 Å². The van der Waals surface area contributed by atoms with Gasteiger partial charge >= 0.3 is 11.6 Å². The van der Waals surface area contributed by atoms with E-state index in [1.54, 1.807) is 6.92 Å². The summed E-state index contributed by atoms with van der Waals surface area (Å²) < 4.78 is 18.5. The Labute approximate surface area is 118 Å². The van der Waals surface area contributed by atoms with E-state index in [2.05, 4.69) is 9.97 Å². The minimum atomic E-state index is -0.655. The zero-order chi connectivity index (χ0) is 14.9. The summed E-state index contributed by atoms with van der Waals surface area (Å²) in [7, 11) is 0. The number of nitrogens with zero attached hydrogens (tertiary/aromatic N) is 3. The lowest BCUT2D eigenvalue weighted by Crippen LogP contribution is -2.01. The Bertz CT molecular complexity index is 694. The average Bonchev–Trinajstić information content (AvgIpc) is 2.32. The van der Waals surface area contributed by atoms with E-state index in [9.17, 15) is 14.5 Å². The van der Waals surface area contributed by atoms with Crippen LogP contribution in [-0.4, -0.2) is 14.9 Å². The van der Waals surface area contributed by atoms with Gasteiger partial charge in [0.2, 0.25) is 5.28 Å². The van der Waals surface area contributed by atoms with Gasteiger partial charge in [-0.15, -0.1) is 0 Å². The first-order valence-electron chi connectivity index (χ1n) is 5.51. The topological polar surface area (TPSA) is 78.2 Å². The summed E-state index contributed by atoms with van der Waals surface area (Å²) in [6.45, 7) is 2.98. The third-order valence-electron chi connectivity index (χ3n) is 2.53. The fourth-order valence-electron chi connectivity index (χ4n) is 1.58. The van der Waals surface area contributed by atoms with Crippen LogP contribution in [-0.2, 0) is 0 Å². The lowest BCUT2D eigenvalue weighted by molar-refractivity contribution is -0.386. The zero-order valence-corrected chi connectivity index (χ0v) is 11.3. The molecule has 1 aromatic heterocycles. The van der Waals surface area contributed by atoms with Crippen molar-refractivity contribution in [3.05, 3.63) is 50.7 Å². The molecule has 2 rings (SSSR count). The van der Waals surface area contributed by atoms with Gasteiger partial charge in [-0.2, -0.15) is 4.98 Å². The van der Waals surface area contributed by atoms with Crippen LogP contribution >= 0.6 is 11.6 Å². The van der Waals surface area contributed by atoms with Crippen molar-refractivity contribution in [1.29, 1.82) is 0 Å². The van der Waals surface area contributed by atoms with E-state index < -0.39 is 10.7 Å². The second-order valence-corrected chi connectivity index (χ2v) is 4.34. The predicted octanol–water partition coefficient (Wildman–Crippen LogP) is 3.59. The molecule has 0 bridgehead atoms. The molecule has 0 radical (unpaired) electrons. The first-order valence-corrected chi connectivity index (χ1v) is 5.89. The van der Waals surface area contributed by atoms with Crippen LogP contribution in [0.15, 0.2) is 18.2 Å². The van der Waals surface area contributed by atoms with Crippen LogP contribution in [0.25, 0.3) is 0 Å². The fraction of sp³-hybridized carbons (Fsp3) is 0.167. The van der Waals surface area contributed by atoms with Gasteiger partial charge in [0.05, 0.1) is 4.92 Å². The smallest absolute Gasteiger partial charge is 0.352 e. The van der Waals surface area contributed by atoms with Crippen molar-refractivity contribution in [2.45, 2.75) is 13.8 Å². The Morgan fingerprint density at radius 1 is 1.35 bits per heavy atom. The molecule has 0 aliphatic rings. The molecule has 0 aliphatic carbocycles. The van der Waals surface area contributed by atoms with Crippen LogP contribution in [0.1, 0.15) is 11.3 Å². The number of nitro groups is 1. The lowest BCUT2D eigenvalue weighted by Gasteiger charge is -2.07. The van der Waals surface area contributed by atoms with Crippen molar-refractivity contribution in [3.63, 3.8) is 0 Å². The number of rotatable bonds is 3. The number of halogens is 2. The Kier molecular flexibility index (Phi) is 3.80. The van der Waals surface area contributed by atoms with Crippen molar-refractivity contribution in [3.8, 4) is 11.6 Å². The molecule has 1 aromatic carbocycles. The molecule has 0 saturated carbocycles. The van der Waals surface area contributed by atoms with Crippen LogP contribution < -0.4 is 4.74 Å². The maximum absolute atomic E-state index is 13.2. The summed E-state index contributed by atoms with van der Waals surface area (Å²) in [6, 6.07) is 3.95. The molecule has 0 fully saturated rings. The Balaban J connectivity index is 2.47. The maximum atomic E-state index is 13.2. The van der Waals surface area contributed by atoms with E-state index in [0.717, 1.165) is 0 Å². The quantitative estimate of drug-likeness (QED) is 0.491. The van der Waals surface area contributed by atoms with Crippen molar-refractivity contribution in [2.24, 2.45) is 0 Å². The van der Waals surface area contributed by atoms with E-state index in [-0.39, 0.29) is 28.3 Å². The van der Waals surface area contributed by atoms with E-state index >= 15 is 0 Å². The van der Waals surface area contributed by atoms with E-state index in [4.69, 9.17) is 16.3 Å². The Hall–Kier alpha value is -2.28. The molecular weight excluding hydrogens is 289 g/mol. The molecule has 20 heavy (non-hydrogen) atoms. The number of aryl methyl sites for hydroxylation is 2. The summed E-state index contributed by atoms with van der Waals surface area (Å²) in [6.07, 6.45) is 0. The third kappa shape index (κ3) is 2.83. The van der Waals surface area contributed by atoms with Gasteiger partial charge in [-0.3, -0.25) is 10.1 Å². The molecular formula is C12H9ClFN3O3. The number of aromatic nitrogens is 2. The molecule has 0 aliphatic heterocycles. The highest BCUT2D eigenvalue weighted by Crippen LogP contribution is 2.32. The van der Waals surface area contributed by atoms with Crippen LogP contribution in [0.2, 0.25) is 5.28 Å². The highest BCUT2D eigenvalue weighted by atomic mass is 35.5. The summed E-state index contributed by atoms with van der Waals surface area (Å²) >= 11 is 5.66. The van der Waals surface area contributed by atoms with Crippen LogP contribution in [0.4, 0.5) is 10.1 Å². The third-order valence-corrected chi connectivity index (χ3v) is 2.69. The zero-order valence-electron chi connectivity index (χ0n) is 10.6. The summed E-state index contributed by atoms with van der Waals surface area (Å²) in [5.74, 6) is -0.455. The van der Waals surface area contributed by atoms with Crippen molar-refractivity contribution >= 4 is 17.3 Å². The minimum absolute atomic E-state index is 0.0869. The predicted molar refractivity (Wildman–Crippen MR) is 69.6 cm³/mol. The lowest BCUT2D eigenvalue weighted by atomic mass is 10.2. The van der Waals surface area contributed by atoms with Crippen LogP contribution in [0.3, 0.4) is 0 Å². The number of benzene rings is 1. The van der Waals surface area contributed by atoms with E-state index in [1.165, 1.54) is 25.1 Å². The number of ether oxygens (including phenoxy) is 1. The molecule has 8 heteroatoms. The molecule has 2 aromatic rings.